The van der Waals surface area contributed by atoms with Crippen LogP contribution in [0.2, 0.25) is 0 Å². The van der Waals surface area contributed by atoms with E-state index in [0.717, 1.165) is 6.42 Å². The second kappa shape index (κ2) is 9.65. The largest absolute Gasteiger partial charge is 0.370 e. The van der Waals surface area contributed by atoms with Crippen molar-refractivity contribution in [3.8, 4) is 11.8 Å². The molecule has 3 N–H and O–H groups in total. The highest BCUT2D eigenvalue weighted by molar-refractivity contribution is 14.0. The molecule has 4 heteroatoms. The number of rotatable bonds is 3. The fourth-order valence-corrected chi connectivity index (χ4v) is 0.604. The van der Waals surface area contributed by atoms with Crippen LogP contribution in [0.4, 0.5) is 0 Å². The van der Waals surface area contributed by atoms with Gasteiger partial charge in [-0.2, -0.15) is 0 Å². The molecule has 0 saturated carbocycles. The first-order chi connectivity index (χ1) is 5.70. The Morgan fingerprint density at radius 2 is 2.23 bits per heavy atom. The van der Waals surface area contributed by atoms with Gasteiger partial charge in [0, 0.05) is 6.04 Å². The van der Waals surface area contributed by atoms with Gasteiger partial charge < -0.3 is 11.1 Å². The third kappa shape index (κ3) is 9.47. The first kappa shape index (κ1) is 15.1. The second-order valence-corrected chi connectivity index (χ2v) is 2.58. The van der Waals surface area contributed by atoms with Crippen LogP contribution in [0.1, 0.15) is 27.2 Å². The summed E-state index contributed by atoms with van der Waals surface area (Å²) in [6, 6.07) is 0.378. The van der Waals surface area contributed by atoms with Crippen molar-refractivity contribution in [3.05, 3.63) is 0 Å². The molecule has 0 saturated heterocycles. The van der Waals surface area contributed by atoms with E-state index in [4.69, 9.17) is 5.73 Å². The van der Waals surface area contributed by atoms with Crippen molar-refractivity contribution < 1.29 is 0 Å². The number of nitrogens with zero attached hydrogens (tertiary/aromatic N) is 1. The van der Waals surface area contributed by atoms with Crippen LogP contribution in [0.25, 0.3) is 0 Å². The van der Waals surface area contributed by atoms with Gasteiger partial charge in [-0.25, -0.2) is 4.99 Å². The van der Waals surface area contributed by atoms with Crippen LogP contribution >= 0.6 is 24.0 Å². The number of aliphatic imine (C=N–C) groups is 1. The van der Waals surface area contributed by atoms with Crippen molar-refractivity contribution in [3.63, 3.8) is 0 Å². The standard InChI is InChI=1S/C9H17N3.HI/c1-4-6-7-11-9(10)12-8(3)5-2;/h8H,5,7H2,1-3H3,(H3,10,11,12);1H. The highest BCUT2D eigenvalue weighted by Crippen LogP contribution is 1.85. The molecule has 0 aliphatic heterocycles. The molecule has 1 atom stereocenters. The highest BCUT2D eigenvalue weighted by atomic mass is 127. The highest BCUT2D eigenvalue weighted by Gasteiger charge is 1.96. The number of nitrogens with two attached hydrogens (primary N) is 1. The Bertz CT molecular complexity index is 203. The summed E-state index contributed by atoms with van der Waals surface area (Å²) < 4.78 is 0. The van der Waals surface area contributed by atoms with Gasteiger partial charge in [0.15, 0.2) is 5.96 Å². The summed E-state index contributed by atoms with van der Waals surface area (Å²) in [4.78, 5) is 4.01. The average molecular weight is 295 g/mol. The predicted molar refractivity (Wildman–Crippen MR) is 68.2 cm³/mol. The number of hydrogen-bond donors (Lipinski definition) is 2. The molecule has 0 aromatic rings. The smallest absolute Gasteiger partial charge is 0.189 e. The Kier molecular flexibility index (Phi) is 11.2. The molecule has 0 aliphatic rings. The summed E-state index contributed by atoms with van der Waals surface area (Å²) in [5.41, 5.74) is 5.56. The zero-order chi connectivity index (χ0) is 9.40. The van der Waals surface area contributed by atoms with Crippen molar-refractivity contribution >= 4 is 29.9 Å². The van der Waals surface area contributed by atoms with Crippen molar-refractivity contribution in [1.82, 2.24) is 5.32 Å². The topological polar surface area (TPSA) is 50.4 Å². The molecule has 0 fully saturated rings. The first-order valence-corrected chi connectivity index (χ1v) is 4.16. The van der Waals surface area contributed by atoms with E-state index in [-0.39, 0.29) is 24.0 Å². The fraction of sp³-hybridized carbons (Fsp3) is 0.667. The van der Waals surface area contributed by atoms with Crippen molar-refractivity contribution in [2.45, 2.75) is 33.2 Å². The molecule has 0 aliphatic carbocycles. The van der Waals surface area contributed by atoms with E-state index < -0.39 is 0 Å². The maximum absolute atomic E-state index is 5.56. The molecular weight excluding hydrogens is 277 g/mol. The first-order valence-electron chi connectivity index (χ1n) is 4.16. The summed E-state index contributed by atoms with van der Waals surface area (Å²) in [6.07, 6.45) is 1.04. The van der Waals surface area contributed by atoms with Gasteiger partial charge in [0.2, 0.25) is 0 Å². The third-order valence-electron chi connectivity index (χ3n) is 1.51. The van der Waals surface area contributed by atoms with Crippen LogP contribution < -0.4 is 11.1 Å². The van der Waals surface area contributed by atoms with Gasteiger partial charge >= 0.3 is 0 Å². The Morgan fingerprint density at radius 1 is 1.62 bits per heavy atom. The second-order valence-electron chi connectivity index (χ2n) is 2.58. The van der Waals surface area contributed by atoms with Crippen molar-refractivity contribution in [2.75, 3.05) is 6.54 Å². The van der Waals surface area contributed by atoms with E-state index in [1.54, 1.807) is 6.92 Å². The Hall–Kier alpha value is -0.440. The molecule has 0 aromatic heterocycles. The monoisotopic (exact) mass is 295 g/mol. The molecule has 0 rings (SSSR count). The molecule has 0 aromatic carbocycles. The van der Waals surface area contributed by atoms with Gasteiger partial charge in [-0.05, 0) is 20.3 Å². The van der Waals surface area contributed by atoms with Crippen molar-refractivity contribution in [2.24, 2.45) is 10.7 Å². The fourth-order valence-electron chi connectivity index (χ4n) is 0.604. The normalized spacial score (nSPS) is 12.1. The quantitative estimate of drug-likeness (QED) is 0.357. The van der Waals surface area contributed by atoms with Crippen LogP contribution in [-0.2, 0) is 0 Å². The van der Waals surface area contributed by atoms with E-state index in [1.165, 1.54) is 0 Å². The van der Waals surface area contributed by atoms with Gasteiger partial charge in [-0.3, -0.25) is 0 Å². The lowest BCUT2D eigenvalue weighted by Crippen LogP contribution is -2.38. The Balaban J connectivity index is 0. The van der Waals surface area contributed by atoms with Gasteiger partial charge in [0.05, 0.1) is 0 Å². The summed E-state index contributed by atoms with van der Waals surface area (Å²) in [5, 5.41) is 3.05. The SMILES string of the molecule is CC#CCN=C(N)NC(C)CC.I. The Morgan fingerprint density at radius 3 is 2.69 bits per heavy atom. The molecule has 0 spiro atoms. The van der Waals surface area contributed by atoms with E-state index >= 15 is 0 Å². The van der Waals surface area contributed by atoms with E-state index in [0.29, 0.717) is 18.5 Å². The minimum atomic E-state index is 0. The van der Waals surface area contributed by atoms with Gasteiger partial charge in [-0.1, -0.05) is 12.8 Å². The number of nitrogens with one attached hydrogen (secondary N) is 1. The van der Waals surface area contributed by atoms with Crippen molar-refractivity contribution in [1.29, 1.82) is 0 Å². The van der Waals surface area contributed by atoms with Crippen LogP contribution in [0.5, 0.6) is 0 Å². The van der Waals surface area contributed by atoms with Crippen LogP contribution in [0.3, 0.4) is 0 Å². The summed E-state index contributed by atoms with van der Waals surface area (Å²) >= 11 is 0. The zero-order valence-corrected chi connectivity index (χ0v) is 10.8. The maximum Gasteiger partial charge on any atom is 0.189 e. The van der Waals surface area contributed by atoms with Crippen LogP contribution in [-0.4, -0.2) is 18.5 Å². The molecule has 0 amide bonds. The molecule has 0 heterocycles. The molecule has 1 unspecified atom stereocenters. The molecule has 13 heavy (non-hydrogen) atoms. The van der Waals surface area contributed by atoms with Gasteiger partial charge in [0.25, 0.3) is 0 Å². The lowest BCUT2D eigenvalue weighted by Gasteiger charge is -2.10. The number of hydrogen-bond acceptors (Lipinski definition) is 1. The zero-order valence-electron chi connectivity index (χ0n) is 8.42. The van der Waals surface area contributed by atoms with Crippen LogP contribution in [0.15, 0.2) is 4.99 Å². The molecule has 0 bridgehead atoms. The van der Waals surface area contributed by atoms with Crippen LogP contribution in [0, 0.1) is 11.8 Å². The minimum Gasteiger partial charge on any atom is -0.370 e. The third-order valence-corrected chi connectivity index (χ3v) is 1.51. The van der Waals surface area contributed by atoms with E-state index in [2.05, 4.69) is 36.0 Å². The van der Waals surface area contributed by atoms with E-state index in [1.807, 2.05) is 0 Å². The lowest BCUT2D eigenvalue weighted by molar-refractivity contribution is 0.637. The van der Waals surface area contributed by atoms with Gasteiger partial charge in [-0.15, -0.1) is 29.9 Å². The molecule has 76 valence electrons. The van der Waals surface area contributed by atoms with E-state index in [9.17, 15) is 0 Å². The summed E-state index contributed by atoms with van der Waals surface area (Å²) in [5.74, 6) is 6.04. The summed E-state index contributed by atoms with van der Waals surface area (Å²) in [7, 11) is 0. The number of guanidine groups is 1. The predicted octanol–water partition coefficient (Wildman–Crippen LogP) is 1.33. The maximum atomic E-state index is 5.56. The minimum absolute atomic E-state index is 0. The lowest BCUT2D eigenvalue weighted by atomic mass is 10.3. The van der Waals surface area contributed by atoms with Gasteiger partial charge in [0.1, 0.15) is 6.54 Å². The summed E-state index contributed by atoms with van der Waals surface area (Å²) in [6.45, 7) is 6.42. The Labute approximate surface area is 97.6 Å². The molecular formula is C9H18IN3. The molecule has 0 radical (unpaired) electrons. The molecule has 3 nitrogen and oxygen atoms in total. The average Bonchev–Trinajstić information content (AvgIpc) is 2.05. The number of halogens is 1.